The van der Waals surface area contributed by atoms with Crippen LogP contribution < -0.4 is 0 Å². The van der Waals surface area contributed by atoms with Gasteiger partial charge in [0.15, 0.2) is 0 Å². The molecule has 0 fully saturated rings. The van der Waals surface area contributed by atoms with Gasteiger partial charge in [-0.15, -0.1) is 6.58 Å². The average Bonchev–Trinajstić information content (AvgIpc) is 2.67. The summed E-state index contributed by atoms with van der Waals surface area (Å²) in [4.78, 5) is 25.2. The second-order valence-corrected chi connectivity index (χ2v) is 9.34. The molecular weight excluding hydrogens is 414 g/mol. The maximum absolute atomic E-state index is 12.1. The first kappa shape index (κ1) is 35.5. The number of amides is 1. The molecule has 0 bridgehead atoms. The lowest BCUT2D eigenvalue weighted by Gasteiger charge is -2.26. The largest absolute Gasteiger partial charge is 0.458 e. The minimum Gasteiger partial charge on any atom is -0.458 e. The number of carbonyl (C=O) groups excluding carboxylic acids is 2. The highest BCUT2D eigenvalue weighted by Gasteiger charge is 2.22. The molecule has 0 saturated carbocycles. The standard InChI is InChI=1S/C24H41NO4.C3H8.CH4/c1-10-12-21(11-2)17-18(3)13-14-19(4)22(28-20(5)26)15-16-25(9)23(27)29-24(6,7)8;1-3-2;/h10,17-18,22H,1,4,11-16H2,2-3,5-9H3;3H2,1-2H3;1H4/b21-17-;;/t18?,22-;;/m1../s1. The van der Waals surface area contributed by atoms with E-state index < -0.39 is 17.8 Å². The fourth-order valence-corrected chi connectivity index (χ4v) is 2.86. The first-order valence-corrected chi connectivity index (χ1v) is 11.9. The van der Waals surface area contributed by atoms with E-state index in [1.165, 1.54) is 23.8 Å². The molecule has 0 aromatic heterocycles. The molecule has 0 N–H and O–H groups in total. The number of carbonyl (C=O) groups is 2. The van der Waals surface area contributed by atoms with Crippen molar-refractivity contribution < 1.29 is 19.1 Å². The minimum atomic E-state index is -0.545. The van der Waals surface area contributed by atoms with E-state index in [0.29, 0.717) is 18.9 Å². The van der Waals surface area contributed by atoms with Crippen LogP contribution >= 0.6 is 0 Å². The number of ether oxygens (including phenoxy) is 2. The van der Waals surface area contributed by atoms with Gasteiger partial charge in [-0.05, 0) is 57.9 Å². The van der Waals surface area contributed by atoms with Crippen molar-refractivity contribution in [2.24, 2.45) is 5.92 Å². The Morgan fingerprint density at radius 1 is 1.12 bits per heavy atom. The van der Waals surface area contributed by atoms with E-state index in [1.54, 1.807) is 7.05 Å². The molecule has 0 radical (unpaired) electrons. The Hall–Kier alpha value is -2.04. The molecule has 0 rings (SSSR count). The van der Waals surface area contributed by atoms with E-state index in [1.807, 2.05) is 26.8 Å². The molecule has 1 unspecified atom stereocenters. The summed E-state index contributed by atoms with van der Waals surface area (Å²) in [6.45, 7) is 23.8. The van der Waals surface area contributed by atoms with Gasteiger partial charge in [-0.2, -0.15) is 0 Å². The van der Waals surface area contributed by atoms with Crippen molar-refractivity contribution in [1.29, 1.82) is 0 Å². The molecule has 5 nitrogen and oxygen atoms in total. The van der Waals surface area contributed by atoms with Gasteiger partial charge < -0.3 is 14.4 Å². The molecule has 0 aliphatic heterocycles. The second kappa shape index (κ2) is 19.4. The minimum absolute atomic E-state index is 0. The van der Waals surface area contributed by atoms with Crippen molar-refractivity contribution in [3.8, 4) is 0 Å². The summed E-state index contributed by atoms with van der Waals surface area (Å²) >= 11 is 0. The van der Waals surface area contributed by atoms with Crippen LogP contribution in [-0.4, -0.2) is 42.3 Å². The van der Waals surface area contributed by atoms with E-state index in [0.717, 1.165) is 31.3 Å². The molecule has 5 heteroatoms. The zero-order valence-corrected chi connectivity index (χ0v) is 22.3. The molecule has 33 heavy (non-hydrogen) atoms. The summed E-state index contributed by atoms with van der Waals surface area (Å²) in [7, 11) is 1.68. The van der Waals surface area contributed by atoms with Gasteiger partial charge in [-0.3, -0.25) is 4.79 Å². The molecule has 0 aliphatic rings. The van der Waals surface area contributed by atoms with Gasteiger partial charge in [-0.25, -0.2) is 4.79 Å². The van der Waals surface area contributed by atoms with Crippen LogP contribution in [0.25, 0.3) is 0 Å². The van der Waals surface area contributed by atoms with Gasteiger partial charge in [0, 0.05) is 26.9 Å². The molecule has 0 aromatic carbocycles. The molecular formula is C28H53NO4. The number of allylic oxidation sites excluding steroid dienone is 3. The van der Waals surface area contributed by atoms with Crippen molar-refractivity contribution in [1.82, 2.24) is 4.90 Å². The molecule has 194 valence electrons. The highest BCUT2D eigenvalue weighted by Crippen LogP contribution is 2.22. The summed E-state index contributed by atoms with van der Waals surface area (Å²) in [6.07, 6.45) is 8.79. The van der Waals surface area contributed by atoms with Crippen molar-refractivity contribution in [3.05, 3.63) is 36.5 Å². The first-order chi connectivity index (χ1) is 14.8. The quantitative estimate of drug-likeness (QED) is 0.215. The van der Waals surface area contributed by atoms with Gasteiger partial charge in [0.25, 0.3) is 0 Å². The van der Waals surface area contributed by atoms with Gasteiger partial charge in [-0.1, -0.05) is 65.8 Å². The van der Waals surface area contributed by atoms with Crippen LogP contribution in [-0.2, 0) is 14.3 Å². The number of esters is 1. The highest BCUT2D eigenvalue weighted by molar-refractivity contribution is 5.68. The van der Waals surface area contributed by atoms with Crippen LogP contribution in [0.2, 0.25) is 0 Å². The van der Waals surface area contributed by atoms with E-state index >= 15 is 0 Å². The lowest BCUT2D eigenvalue weighted by atomic mass is 9.94. The maximum atomic E-state index is 12.1. The highest BCUT2D eigenvalue weighted by atomic mass is 16.6. The van der Waals surface area contributed by atoms with Crippen molar-refractivity contribution in [3.63, 3.8) is 0 Å². The van der Waals surface area contributed by atoms with E-state index in [4.69, 9.17) is 9.47 Å². The normalized spacial score (nSPS) is 12.8. The third-order valence-electron chi connectivity index (χ3n) is 4.50. The molecule has 2 atom stereocenters. The first-order valence-electron chi connectivity index (χ1n) is 11.9. The van der Waals surface area contributed by atoms with Crippen LogP contribution in [0.4, 0.5) is 4.79 Å². The number of hydrogen-bond acceptors (Lipinski definition) is 4. The van der Waals surface area contributed by atoms with Crippen molar-refractivity contribution in [2.45, 2.75) is 113 Å². The van der Waals surface area contributed by atoms with Crippen molar-refractivity contribution in [2.75, 3.05) is 13.6 Å². The SMILES string of the molecule is C.C=CC/C(=C\C(C)CCC(=C)[C@@H](CCN(C)C(=O)OC(C)(C)C)OC(C)=O)CC.CCC. The monoisotopic (exact) mass is 467 g/mol. The summed E-state index contributed by atoms with van der Waals surface area (Å²) in [5.41, 5.74) is 1.71. The van der Waals surface area contributed by atoms with E-state index in [2.05, 4.69) is 46.9 Å². The molecule has 0 aliphatic carbocycles. The number of hydrogen-bond donors (Lipinski definition) is 0. The van der Waals surface area contributed by atoms with Crippen LogP contribution in [0, 0.1) is 5.92 Å². The molecule has 1 amide bonds. The van der Waals surface area contributed by atoms with Crippen LogP contribution in [0.1, 0.15) is 101 Å². The smallest absolute Gasteiger partial charge is 0.410 e. The predicted molar refractivity (Wildman–Crippen MR) is 142 cm³/mol. The third-order valence-corrected chi connectivity index (χ3v) is 4.50. The third kappa shape index (κ3) is 20.3. The lowest BCUT2D eigenvalue weighted by Crippen LogP contribution is -2.36. The van der Waals surface area contributed by atoms with Gasteiger partial charge in [0.1, 0.15) is 11.7 Å². The fourth-order valence-electron chi connectivity index (χ4n) is 2.86. The topological polar surface area (TPSA) is 55.8 Å². The number of nitrogens with zero attached hydrogens (tertiary/aromatic N) is 1. The van der Waals surface area contributed by atoms with Crippen LogP contribution in [0.3, 0.4) is 0 Å². The number of rotatable bonds is 12. The Bertz CT molecular complexity index is 602. The van der Waals surface area contributed by atoms with Crippen LogP contribution in [0.5, 0.6) is 0 Å². The molecule has 0 heterocycles. The second-order valence-electron chi connectivity index (χ2n) is 9.34. The lowest BCUT2D eigenvalue weighted by molar-refractivity contribution is -0.145. The summed E-state index contributed by atoms with van der Waals surface area (Å²) in [6, 6.07) is 0. The van der Waals surface area contributed by atoms with Gasteiger partial charge in [0.05, 0.1) is 0 Å². The predicted octanol–water partition coefficient (Wildman–Crippen LogP) is 8.11. The summed E-state index contributed by atoms with van der Waals surface area (Å²) in [5.74, 6) is 0.0623. The Balaban J connectivity index is -0.00000212. The zero-order chi connectivity index (χ0) is 25.3. The van der Waals surface area contributed by atoms with Gasteiger partial charge >= 0.3 is 12.1 Å². The Kier molecular flexibility index (Phi) is 20.9. The molecule has 0 spiro atoms. The van der Waals surface area contributed by atoms with Crippen LogP contribution in [0.15, 0.2) is 36.5 Å². The van der Waals surface area contributed by atoms with Crippen molar-refractivity contribution >= 4 is 12.1 Å². The Labute approximate surface area is 205 Å². The fraction of sp³-hybridized carbons (Fsp3) is 0.714. The summed E-state index contributed by atoms with van der Waals surface area (Å²) in [5, 5.41) is 0. The maximum Gasteiger partial charge on any atom is 0.410 e. The molecule has 0 saturated heterocycles. The Morgan fingerprint density at radius 2 is 1.67 bits per heavy atom. The van der Waals surface area contributed by atoms with Gasteiger partial charge in [0.2, 0.25) is 0 Å². The summed E-state index contributed by atoms with van der Waals surface area (Å²) < 4.78 is 10.8. The van der Waals surface area contributed by atoms with E-state index in [-0.39, 0.29) is 13.4 Å². The Morgan fingerprint density at radius 3 is 2.09 bits per heavy atom. The van der Waals surface area contributed by atoms with E-state index in [9.17, 15) is 9.59 Å². The molecule has 0 aromatic rings. The zero-order valence-electron chi connectivity index (χ0n) is 22.3. The average molecular weight is 468 g/mol.